The maximum absolute atomic E-state index is 12.5. The Balaban J connectivity index is 1.52. The molecule has 0 unspecified atom stereocenters. The number of anilines is 1. The van der Waals surface area contributed by atoms with Crippen molar-refractivity contribution in [2.45, 2.75) is 46.6 Å². The van der Waals surface area contributed by atoms with Crippen LogP contribution in [-0.4, -0.2) is 47.6 Å². The van der Waals surface area contributed by atoms with E-state index in [9.17, 15) is 9.59 Å². The summed E-state index contributed by atoms with van der Waals surface area (Å²) >= 11 is 2.88. The molecule has 0 aromatic carbocycles. The van der Waals surface area contributed by atoms with Crippen molar-refractivity contribution < 1.29 is 14.3 Å². The van der Waals surface area contributed by atoms with Crippen LogP contribution in [0.15, 0.2) is 12.1 Å². The van der Waals surface area contributed by atoms with E-state index in [1.165, 1.54) is 22.7 Å². The Morgan fingerprint density at radius 2 is 1.90 bits per heavy atom. The number of aromatic nitrogens is 2. The van der Waals surface area contributed by atoms with Crippen LogP contribution < -0.4 is 10.2 Å². The third-order valence-corrected chi connectivity index (χ3v) is 7.60. The molecular weight excluding hydrogens is 432 g/mol. The molecule has 31 heavy (non-hydrogen) atoms. The van der Waals surface area contributed by atoms with Gasteiger partial charge in [-0.3, -0.25) is 4.79 Å². The standard InChI is InChI=1S/C22H26N4O3S2/c1-5-29-22(28)18-13(3)17-19(23-14(4)24-21(17)31-18)26-10-8-15(9-11-26)25-20(27)16-7-6-12(2)30-16/h6-7,15H,5,8-11H2,1-4H3,(H,25,27). The van der Waals surface area contributed by atoms with Crippen LogP contribution in [0, 0.1) is 20.8 Å². The average molecular weight is 459 g/mol. The van der Waals surface area contributed by atoms with E-state index in [4.69, 9.17) is 9.72 Å². The van der Waals surface area contributed by atoms with E-state index in [1.54, 1.807) is 6.92 Å². The zero-order chi connectivity index (χ0) is 22.1. The normalized spacial score (nSPS) is 14.8. The van der Waals surface area contributed by atoms with E-state index in [1.807, 2.05) is 32.9 Å². The lowest BCUT2D eigenvalue weighted by Crippen LogP contribution is -2.45. The molecule has 4 heterocycles. The van der Waals surface area contributed by atoms with Crippen LogP contribution in [0.5, 0.6) is 0 Å². The third kappa shape index (κ3) is 4.43. The minimum Gasteiger partial charge on any atom is -0.462 e. The minimum atomic E-state index is -0.308. The molecule has 1 amide bonds. The lowest BCUT2D eigenvalue weighted by molar-refractivity contribution is 0.0531. The van der Waals surface area contributed by atoms with Gasteiger partial charge in [0, 0.05) is 24.0 Å². The van der Waals surface area contributed by atoms with E-state index in [0.717, 1.165) is 57.3 Å². The summed E-state index contributed by atoms with van der Waals surface area (Å²) in [6.45, 7) is 9.52. The van der Waals surface area contributed by atoms with E-state index in [-0.39, 0.29) is 17.9 Å². The van der Waals surface area contributed by atoms with Crippen molar-refractivity contribution in [2.75, 3.05) is 24.6 Å². The number of hydrogen-bond acceptors (Lipinski definition) is 8. The Morgan fingerprint density at radius 3 is 2.55 bits per heavy atom. The second kappa shape index (κ2) is 8.92. The van der Waals surface area contributed by atoms with E-state index in [2.05, 4.69) is 15.2 Å². The summed E-state index contributed by atoms with van der Waals surface area (Å²) in [7, 11) is 0. The topological polar surface area (TPSA) is 84.4 Å². The average Bonchev–Trinajstić information content (AvgIpc) is 3.32. The lowest BCUT2D eigenvalue weighted by Gasteiger charge is -2.33. The van der Waals surface area contributed by atoms with Crippen molar-refractivity contribution in [1.29, 1.82) is 0 Å². The predicted molar refractivity (Wildman–Crippen MR) is 125 cm³/mol. The summed E-state index contributed by atoms with van der Waals surface area (Å²) in [5.74, 6) is 1.24. The van der Waals surface area contributed by atoms with Gasteiger partial charge < -0.3 is 15.0 Å². The summed E-state index contributed by atoms with van der Waals surface area (Å²) < 4.78 is 5.21. The van der Waals surface area contributed by atoms with Crippen molar-refractivity contribution >= 4 is 50.6 Å². The molecule has 1 aliphatic heterocycles. The highest BCUT2D eigenvalue weighted by Crippen LogP contribution is 2.36. The largest absolute Gasteiger partial charge is 0.462 e. The fourth-order valence-corrected chi connectivity index (χ4v) is 5.78. The first-order valence-electron chi connectivity index (χ1n) is 10.4. The molecule has 1 aliphatic rings. The summed E-state index contributed by atoms with van der Waals surface area (Å²) in [4.78, 5) is 39.7. The Labute approximate surface area is 189 Å². The van der Waals surface area contributed by atoms with E-state index >= 15 is 0 Å². The van der Waals surface area contributed by atoms with Gasteiger partial charge in [-0.25, -0.2) is 14.8 Å². The molecule has 0 radical (unpaired) electrons. The zero-order valence-electron chi connectivity index (χ0n) is 18.2. The molecule has 0 aliphatic carbocycles. The van der Waals surface area contributed by atoms with Crippen LogP contribution in [0.25, 0.3) is 10.2 Å². The maximum atomic E-state index is 12.5. The van der Waals surface area contributed by atoms with Gasteiger partial charge in [-0.2, -0.15) is 0 Å². The Hall–Kier alpha value is -2.52. The molecule has 7 nitrogen and oxygen atoms in total. The van der Waals surface area contributed by atoms with Gasteiger partial charge in [0.1, 0.15) is 21.3 Å². The lowest BCUT2D eigenvalue weighted by atomic mass is 10.0. The van der Waals surface area contributed by atoms with Gasteiger partial charge in [-0.1, -0.05) is 0 Å². The molecule has 3 aromatic heterocycles. The molecule has 3 aromatic rings. The van der Waals surface area contributed by atoms with Crippen molar-refractivity contribution in [3.63, 3.8) is 0 Å². The van der Waals surface area contributed by atoms with Crippen LogP contribution in [0.2, 0.25) is 0 Å². The smallest absolute Gasteiger partial charge is 0.348 e. The summed E-state index contributed by atoms with van der Waals surface area (Å²) in [6, 6.07) is 3.99. The summed E-state index contributed by atoms with van der Waals surface area (Å²) in [5.41, 5.74) is 0.872. The van der Waals surface area contributed by atoms with Crippen molar-refractivity contribution in [3.8, 4) is 0 Å². The number of piperidine rings is 1. The number of amides is 1. The molecule has 1 saturated heterocycles. The number of nitrogens with zero attached hydrogens (tertiary/aromatic N) is 3. The molecule has 0 bridgehead atoms. The Bertz CT molecular complexity index is 1130. The number of esters is 1. The van der Waals surface area contributed by atoms with Crippen LogP contribution in [-0.2, 0) is 4.74 Å². The quantitative estimate of drug-likeness (QED) is 0.575. The summed E-state index contributed by atoms with van der Waals surface area (Å²) in [6.07, 6.45) is 1.68. The number of hydrogen-bond donors (Lipinski definition) is 1. The van der Waals surface area contributed by atoms with Crippen molar-refractivity contribution in [1.82, 2.24) is 15.3 Å². The van der Waals surface area contributed by atoms with Crippen LogP contribution in [0.3, 0.4) is 0 Å². The second-order valence-corrected chi connectivity index (χ2v) is 9.98. The highest BCUT2D eigenvalue weighted by Gasteiger charge is 2.27. The second-order valence-electron chi connectivity index (χ2n) is 7.70. The van der Waals surface area contributed by atoms with Gasteiger partial charge in [0.15, 0.2) is 0 Å². The number of thiophene rings is 2. The first-order valence-corrected chi connectivity index (χ1v) is 12.1. The number of ether oxygens (including phenoxy) is 1. The number of carbonyl (C=O) groups excluding carboxylic acids is 2. The number of nitrogens with one attached hydrogen (secondary N) is 1. The van der Waals surface area contributed by atoms with Gasteiger partial charge >= 0.3 is 5.97 Å². The molecule has 0 saturated carbocycles. The number of aryl methyl sites for hydroxylation is 3. The molecular formula is C22H26N4O3S2. The molecule has 0 atom stereocenters. The van der Waals surface area contributed by atoms with Gasteiger partial charge in [0.2, 0.25) is 0 Å². The zero-order valence-corrected chi connectivity index (χ0v) is 19.8. The molecule has 9 heteroatoms. The maximum Gasteiger partial charge on any atom is 0.348 e. The minimum absolute atomic E-state index is 0.00424. The van der Waals surface area contributed by atoms with Gasteiger partial charge in [-0.05, 0) is 58.2 Å². The first-order chi connectivity index (χ1) is 14.9. The van der Waals surface area contributed by atoms with Gasteiger partial charge in [0.05, 0.1) is 16.9 Å². The number of rotatable bonds is 5. The van der Waals surface area contributed by atoms with Crippen molar-refractivity contribution in [3.05, 3.63) is 38.2 Å². The predicted octanol–water partition coefficient (Wildman–Crippen LogP) is 4.25. The van der Waals surface area contributed by atoms with Crippen LogP contribution in [0.4, 0.5) is 5.82 Å². The Morgan fingerprint density at radius 1 is 1.16 bits per heavy atom. The fourth-order valence-electron chi connectivity index (χ4n) is 3.89. The first kappa shape index (κ1) is 21.7. The van der Waals surface area contributed by atoms with E-state index in [0.29, 0.717) is 17.3 Å². The molecule has 0 spiro atoms. The van der Waals surface area contributed by atoms with Crippen LogP contribution in [0.1, 0.15) is 55.4 Å². The molecule has 4 rings (SSSR count). The van der Waals surface area contributed by atoms with Gasteiger partial charge in [-0.15, -0.1) is 22.7 Å². The fraction of sp³-hybridized carbons (Fsp3) is 0.455. The highest BCUT2D eigenvalue weighted by atomic mass is 32.1. The van der Waals surface area contributed by atoms with Gasteiger partial charge in [0.25, 0.3) is 5.91 Å². The number of fused-ring (bicyclic) bond motifs is 1. The van der Waals surface area contributed by atoms with Crippen molar-refractivity contribution in [2.24, 2.45) is 0 Å². The molecule has 1 fully saturated rings. The summed E-state index contributed by atoms with van der Waals surface area (Å²) in [5, 5.41) is 4.09. The third-order valence-electron chi connectivity index (χ3n) is 5.44. The van der Waals surface area contributed by atoms with E-state index < -0.39 is 0 Å². The molecule has 164 valence electrons. The van der Waals surface area contributed by atoms with Crippen LogP contribution >= 0.6 is 22.7 Å². The molecule has 1 N–H and O–H groups in total. The monoisotopic (exact) mass is 458 g/mol. The SMILES string of the molecule is CCOC(=O)c1sc2nc(C)nc(N3CCC(NC(=O)c4ccc(C)s4)CC3)c2c1C. The highest BCUT2D eigenvalue weighted by molar-refractivity contribution is 7.20. The number of carbonyl (C=O) groups is 2. The Kier molecular flexibility index (Phi) is 6.24.